The summed E-state index contributed by atoms with van der Waals surface area (Å²) in [6, 6.07) is 1.37. The first-order valence-corrected chi connectivity index (χ1v) is 5.14. The zero-order chi connectivity index (χ0) is 12.1. The maximum Gasteiger partial charge on any atom is 0.256 e. The van der Waals surface area contributed by atoms with E-state index >= 15 is 0 Å². The van der Waals surface area contributed by atoms with E-state index in [-0.39, 0.29) is 17.5 Å². The Hall–Kier alpha value is -1.49. The highest BCUT2D eigenvalue weighted by molar-refractivity contribution is 5.94. The average molecular weight is 225 g/mol. The Labute approximate surface area is 94.3 Å². The molecule has 0 aliphatic heterocycles. The fraction of sp³-hybridized carbons (Fsp3) is 0.455. The molecule has 0 radical (unpaired) electrons. The van der Waals surface area contributed by atoms with Crippen LogP contribution in [0.1, 0.15) is 23.7 Å². The number of nitrogens with zero attached hydrogens (tertiary/aromatic N) is 2. The number of amides is 1. The van der Waals surface area contributed by atoms with Crippen LogP contribution < -0.4 is 5.73 Å². The molecule has 0 fully saturated rings. The number of hydrogen-bond acceptors (Lipinski definition) is 3. The van der Waals surface area contributed by atoms with Gasteiger partial charge in [-0.05, 0) is 26.0 Å². The van der Waals surface area contributed by atoms with Gasteiger partial charge in [0.1, 0.15) is 0 Å². The molecule has 1 aromatic rings. The Morgan fingerprint density at radius 2 is 2.38 bits per heavy atom. The molecule has 1 amide bonds. The highest BCUT2D eigenvalue weighted by Gasteiger charge is 2.19. The Bertz CT molecular complexity index is 370. The third-order valence-electron chi connectivity index (χ3n) is 2.57. The van der Waals surface area contributed by atoms with E-state index < -0.39 is 5.82 Å². The normalized spacial score (nSPS) is 12.2. The molecular weight excluding hydrogens is 209 g/mol. The molecule has 0 saturated carbocycles. The molecule has 0 spiro atoms. The lowest BCUT2D eigenvalue weighted by atomic mass is 10.1. The predicted molar refractivity (Wildman–Crippen MR) is 59.4 cm³/mol. The van der Waals surface area contributed by atoms with Crippen LogP contribution in [0.4, 0.5) is 4.39 Å². The van der Waals surface area contributed by atoms with E-state index in [1.807, 2.05) is 6.92 Å². The van der Waals surface area contributed by atoms with Crippen LogP contribution in [-0.4, -0.2) is 35.4 Å². The van der Waals surface area contributed by atoms with Crippen LogP contribution >= 0.6 is 0 Å². The Kier molecular flexibility index (Phi) is 4.37. The van der Waals surface area contributed by atoms with Gasteiger partial charge in [-0.15, -0.1) is 0 Å². The minimum Gasteiger partial charge on any atom is -0.339 e. The Morgan fingerprint density at radius 3 is 2.94 bits per heavy atom. The van der Waals surface area contributed by atoms with Crippen LogP contribution in [0.2, 0.25) is 0 Å². The number of hydrogen-bond donors (Lipinski definition) is 1. The molecule has 0 aliphatic carbocycles. The van der Waals surface area contributed by atoms with Gasteiger partial charge in [0.2, 0.25) is 0 Å². The van der Waals surface area contributed by atoms with Crippen molar-refractivity contribution in [3.05, 3.63) is 29.8 Å². The van der Waals surface area contributed by atoms with Crippen LogP contribution in [0, 0.1) is 5.82 Å². The summed E-state index contributed by atoms with van der Waals surface area (Å²) in [5.74, 6) is -0.944. The summed E-state index contributed by atoms with van der Waals surface area (Å²) in [5, 5.41) is 0. The molecule has 0 aromatic carbocycles. The van der Waals surface area contributed by atoms with Gasteiger partial charge in [-0.2, -0.15) is 0 Å². The zero-order valence-electron chi connectivity index (χ0n) is 9.48. The van der Waals surface area contributed by atoms with Crippen molar-refractivity contribution < 1.29 is 9.18 Å². The number of carbonyl (C=O) groups is 1. The highest BCUT2D eigenvalue weighted by Crippen LogP contribution is 2.10. The van der Waals surface area contributed by atoms with Crippen molar-refractivity contribution in [1.82, 2.24) is 9.88 Å². The molecule has 2 N–H and O–H groups in total. The minimum absolute atomic E-state index is 0.00920. The second-order valence-corrected chi connectivity index (χ2v) is 3.70. The number of aromatic nitrogens is 1. The third-order valence-corrected chi connectivity index (χ3v) is 2.57. The quantitative estimate of drug-likeness (QED) is 0.832. The molecule has 0 aliphatic rings. The van der Waals surface area contributed by atoms with Crippen molar-refractivity contribution in [3.8, 4) is 0 Å². The van der Waals surface area contributed by atoms with Gasteiger partial charge in [0, 0.05) is 19.3 Å². The number of pyridine rings is 1. The number of rotatable bonds is 4. The van der Waals surface area contributed by atoms with E-state index in [0.717, 1.165) is 6.20 Å². The predicted octanol–water partition coefficient (Wildman–Crippen LogP) is 1.03. The SMILES string of the molecule is CC(CCN)N(C)C(=O)c1ccncc1F. The molecule has 0 bridgehead atoms. The standard InChI is InChI=1S/C11H16FN3O/c1-8(3-5-13)15(2)11(16)9-4-6-14-7-10(9)12/h4,6-8H,3,5,13H2,1-2H3. The largest absolute Gasteiger partial charge is 0.339 e. The fourth-order valence-electron chi connectivity index (χ4n) is 1.37. The molecule has 88 valence electrons. The average Bonchev–Trinajstić information content (AvgIpc) is 2.28. The molecule has 1 aromatic heterocycles. The summed E-state index contributed by atoms with van der Waals surface area (Å²) in [6.07, 6.45) is 3.13. The van der Waals surface area contributed by atoms with E-state index in [2.05, 4.69) is 4.98 Å². The number of halogens is 1. The molecule has 4 nitrogen and oxygen atoms in total. The maximum absolute atomic E-state index is 13.3. The van der Waals surface area contributed by atoms with Crippen LogP contribution in [0.15, 0.2) is 18.5 Å². The maximum atomic E-state index is 13.3. The second kappa shape index (κ2) is 5.55. The lowest BCUT2D eigenvalue weighted by Crippen LogP contribution is -2.36. The van der Waals surface area contributed by atoms with E-state index in [0.29, 0.717) is 13.0 Å². The minimum atomic E-state index is -0.598. The first-order chi connectivity index (χ1) is 7.57. The number of carbonyl (C=O) groups excluding carboxylic acids is 1. The monoisotopic (exact) mass is 225 g/mol. The van der Waals surface area contributed by atoms with Crippen molar-refractivity contribution in [1.29, 1.82) is 0 Å². The van der Waals surface area contributed by atoms with Gasteiger partial charge in [0.15, 0.2) is 5.82 Å². The Balaban J connectivity index is 2.82. The third kappa shape index (κ3) is 2.76. The molecule has 1 unspecified atom stereocenters. The summed E-state index contributed by atoms with van der Waals surface area (Å²) in [6.45, 7) is 2.38. The van der Waals surface area contributed by atoms with Gasteiger partial charge in [0.05, 0.1) is 11.8 Å². The summed E-state index contributed by atoms with van der Waals surface area (Å²) in [4.78, 5) is 17.0. The van der Waals surface area contributed by atoms with E-state index in [1.54, 1.807) is 7.05 Å². The lowest BCUT2D eigenvalue weighted by molar-refractivity contribution is 0.0734. The van der Waals surface area contributed by atoms with Crippen molar-refractivity contribution in [2.75, 3.05) is 13.6 Å². The first-order valence-electron chi connectivity index (χ1n) is 5.14. The van der Waals surface area contributed by atoms with Gasteiger partial charge in [-0.3, -0.25) is 9.78 Å². The molecular formula is C11H16FN3O. The van der Waals surface area contributed by atoms with Gasteiger partial charge >= 0.3 is 0 Å². The van der Waals surface area contributed by atoms with Crippen molar-refractivity contribution in [3.63, 3.8) is 0 Å². The highest BCUT2D eigenvalue weighted by atomic mass is 19.1. The van der Waals surface area contributed by atoms with Crippen molar-refractivity contribution in [2.45, 2.75) is 19.4 Å². The first kappa shape index (κ1) is 12.6. The van der Waals surface area contributed by atoms with Crippen LogP contribution in [0.25, 0.3) is 0 Å². The van der Waals surface area contributed by atoms with E-state index in [9.17, 15) is 9.18 Å². The molecule has 16 heavy (non-hydrogen) atoms. The smallest absolute Gasteiger partial charge is 0.256 e. The summed E-state index contributed by atoms with van der Waals surface area (Å²) in [7, 11) is 1.64. The molecule has 1 heterocycles. The van der Waals surface area contributed by atoms with E-state index in [1.165, 1.54) is 17.2 Å². The van der Waals surface area contributed by atoms with Gasteiger partial charge < -0.3 is 10.6 Å². The molecule has 0 saturated heterocycles. The second-order valence-electron chi connectivity index (χ2n) is 3.70. The topological polar surface area (TPSA) is 59.2 Å². The van der Waals surface area contributed by atoms with Crippen molar-refractivity contribution in [2.24, 2.45) is 5.73 Å². The zero-order valence-corrected chi connectivity index (χ0v) is 9.48. The summed E-state index contributed by atoms with van der Waals surface area (Å²) in [5.41, 5.74) is 5.46. The summed E-state index contributed by atoms with van der Waals surface area (Å²) >= 11 is 0. The van der Waals surface area contributed by atoms with Crippen LogP contribution in [-0.2, 0) is 0 Å². The Morgan fingerprint density at radius 1 is 1.69 bits per heavy atom. The van der Waals surface area contributed by atoms with Gasteiger partial charge in [0.25, 0.3) is 5.91 Å². The summed E-state index contributed by atoms with van der Waals surface area (Å²) < 4.78 is 13.3. The van der Waals surface area contributed by atoms with Gasteiger partial charge in [-0.25, -0.2) is 4.39 Å². The van der Waals surface area contributed by atoms with Crippen LogP contribution in [0.5, 0.6) is 0 Å². The number of nitrogens with two attached hydrogens (primary N) is 1. The fourth-order valence-corrected chi connectivity index (χ4v) is 1.37. The lowest BCUT2D eigenvalue weighted by Gasteiger charge is -2.24. The van der Waals surface area contributed by atoms with E-state index in [4.69, 9.17) is 5.73 Å². The van der Waals surface area contributed by atoms with Gasteiger partial charge in [-0.1, -0.05) is 0 Å². The molecule has 1 atom stereocenters. The van der Waals surface area contributed by atoms with Crippen molar-refractivity contribution >= 4 is 5.91 Å². The van der Waals surface area contributed by atoms with Crippen LogP contribution in [0.3, 0.4) is 0 Å². The molecule has 1 rings (SSSR count). The molecule has 5 heteroatoms.